The molecular weight excluding hydrogens is 404 g/mol. The summed E-state index contributed by atoms with van der Waals surface area (Å²) in [5.74, 6) is 0.118. The lowest BCUT2D eigenvalue weighted by Gasteiger charge is -2.36. The van der Waals surface area contributed by atoms with Crippen LogP contribution in [0.15, 0.2) is 59.5 Å². The fourth-order valence-electron chi connectivity index (χ4n) is 3.76. The van der Waals surface area contributed by atoms with Crippen molar-refractivity contribution in [3.8, 4) is 5.75 Å². The third-order valence-electron chi connectivity index (χ3n) is 5.54. The standard InChI is InChI=1S/C22H28N2O5S/c1-23(20-13-6-7-14-21(20)25)22(26)16-24(17-9-8-10-18(15-17)29-2)30(27,28)19-11-4-3-5-12-19/h3-5,8-12,15,20-21,25H,6-7,13-14,16H2,1-2H3. The van der Waals surface area contributed by atoms with E-state index in [9.17, 15) is 18.3 Å². The Hall–Kier alpha value is -2.58. The van der Waals surface area contributed by atoms with Gasteiger partial charge >= 0.3 is 0 Å². The second kappa shape index (κ2) is 9.49. The van der Waals surface area contributed by atoms with Crippen molar-refractivity contribution in [3.05, 3.63) is 54.6 Å². The Morgan fingerprint density at radius 1 is 1.10 bits per heavy atom. The SMILES string of the molecule is COc1cccc(N(CC(=O)N(C)C2CCCCC2O)S(=O)(=O)c2ccccc2)c1. The van der Waals surface area contributed by atoms with Gasteiger partial charge in [0.2, 0.25) is 5.91 Å². The fraction of sp³-hybridized carbons (Fsp3) is 0.409. The van der Waals surface area contributed by atoms with Crippen LogP contribution in [-0.4, -0.2) is 57.2 Å². The van der Waals surface area contributed by atoms with E-state index in [1.807, 2.05) is 0 Å². The molecule has 1 aliphatic carbocycles. The molecule has 1 aliphatic rings. The van der Waals surface area contributed by atoms with Gasteiger partial charge in [-0.25, -0.2) is 8.42 Å². The van der Waals surface area contributed by atoms with Crippen LogP contribution in [0.2, 0.25) is 0 Å². The minimum Gasteiger partial charge on any atom is -0.497 e. The molecule has 2 aromatic rings. The number of carbonyl (C=O) groups excluding carboxylic acids is 1. The second-order valence-electron chi connectivity index (χ2n) is 7.45. The summed E-state index contributed by atoms with van der Waals surface area (Å²) in [6.07, 6.45) is 2.61. The molecule has 7 nitrogen and oxygen atoms in total. The van der Waals surface area contributed by atoms with Gasteiger partial charge in [0.05, 0.1) is 29.8 Å². The number of amides is 1. The summed E-state index contributed by atoms with van der Waals surface area (Å²) >= 11 is 0. The van der Waals surface area contributed by atoms with E-state index >= 15 is 0 Å². The van der Waals surface area contributed by atoms with Crippen molar-refractivity contribution in [2.75, 3.05) is 25.0 Å². The van der Waals surface area contributed by atoms with Gasteiger partial charge in [0.25, 0.3) is 10.0 Å². The second-order valence-corrected chi connectivity index (χ2v) is 9.31. The summed E-state index contributed by atoms with van der Waals surface area (Å²) in [6, 6.07) is 14.3. The zero-order valence-electron chi connectivity index (χ0n) is 17.3. The van der Waals surface area contributed by atoms with Crippen LogP contribution in [0.3, 0.4) is 0 Å². The van der Waals surface area contributed by atoms with Gasteiger partial charge in [-0.15, -0.1) is 0 Å². The molecule has 3 rings (SSSR count). The van der Waals surface area contributed by atoms with Crippen LogP contribution in [0, 0.1) is 0 Å². The van der Waals surface area contributed by atoms with Crippen LogP contribution >= 0.6 is 0 Å². The highest BCUT2D eigenvalue weighted by Crippen LogP contribution is 2.28. The number of nitrogens with zero attached hydrogens (tertiary/aromatic N) is 2. The number of rotatable bonds is 7. The van der Waals surface area contributed by atoms with Crippen LogP contribution in [0.1, 0.15) is 25.7 Å². The Bertz CT molecular complexity index is 965. The highest BCUT2D eigenvalue weighted by atomic mass is 32.2. The molecule has 30 heavy (non-hydrogen) atoms. The highest BCUT2D eigenvalue weighted by molar-refractivity contribution is 7.92. The zero-order chi connectivity index (χ0) is 21.7. The molecule has 0 bridgehead atoms. The summed E-state index contributed by atoms with van der Waals surface area (Å²) in [7, 11) is -0.860. The Labute approximate surface area is 177 Å². The minimum atomic E-state index is -3.98. The highest BCUT2D eigenvalue weighted by Gasteiger charge is 2.33. The lowest BCUT2D eigenvalue weighted by Crippen LogP contribution is -2.50. The van der Waals surface area contributed by atoms with Crippen molar-refractivity contribution < 1.29 is 23.1 Å². The summed E-state index contributed by atoms with van der Waals surface area (Å²) in [5, 5.41) is 10.3. The average Bonchev–Trinajstić information content (AvgIpc) is 2.77. The molecule has 2 unspecified atom stereocenters. The Morgan fingerprint density at radius 2 is 1.80 bits per heavy atom. The lowest BCUT2D eigenvalue weighted by molar-refractivity contribution is -0.133. The van der Waals surface area contributed by atoms with Gasteiger partial charge < -0.3 is 14.7 Å². The van der Waals surface area contributed by atoms with Crippen molar-refractivity contribution in [1.29, 1.82) is 0 Å². The molecule has 162 valence electrons. The molecule has 8 heteroatoms. The predicted octanol–water partition coefficient (Wildman–Crippen LogP) is 2.65. The van der Waals surface area contributed by atoms with E-state index in [0.717, 1.165) is 17.1 Å². The van der Waals surface area contributed by atoms with Gasteiger partial charge in [0, 0.05) is 13.1 Å². The van der Waals surface area contributed by atoms with Crippen molar-refractivity contribution in [1.82, 2.24) is 4.90 Å². The van der Waals surface area contributed by atoms with E-state index in [0.29, 0.717) is 24.3 Å². The van der Waals surface area contributed by atoms with E-state index in [1.54, 1.807) is 49.5 Å². The normalized spacial score (nSPS) is 19.2. The number of likely N-dealkylation sites (N-methyl/N-ethyl adjacent to an activating group) is 1. The smallest absolute Gasteiger partial charge is 0.264 e. The number of ether oxygens (including phenoxy) is 1. The van der Waals surface area contributed by atoms with Crippen LogP contribution in [-0.2, 0) is 14.8 Å². The molecular formula is C22H28N2O5S. The van der Waals surface area contributed by atoms with E-state index < -0.39 is 16.1 Å². The van der Waals surface area contributed by atoms with Crippen LogP contribution < -0.4 is 9.04 Å². The van der Waals surface area contributed by atoms with E-state index in [2.05, 4.69) is 0 Å². The van der Waals surface area contributed by atoms with E-state index in [-0.39, 0.29) is 23.4 Å². The fourth-order valence-corrected chi connectivity index (χ4v) is 5.19. The molecule has 1 amide bonds. The Morgan fingerprint density at radius 3 is 2.47 bits per heavy atom. The number of benzene rings is 2. The molecule has 2 atom stereocenters. The largest absolute Gasteiger partial charge is 0.497 e. The minimum absolute atomic E-state index is 0.0981. The summed E-state index contributed by atoms with van der Waals surface area (Å²) < 4.78 is 33.1. The summed E-state index contributed by atoms with van der Waals surface area (Å²) in [4.78, 5) is 14.7. The molecule has 0 heterocycles. The van der Waals surface area contributed by atoms with Crippen molar-refractivity contribution >= 4 is 21.6 Å². The number of sulfonamides is 1. The number of hydrogen-bond acceptors (Lipinski definition) is 5. The third kappa shape index (κ3) is 4.76. The van der Waals surface area contributed by atoms with Crippen molar-refractivity contribution in [2.24, 2.45) is 0 Å². The topological polar surface area (TPSA) is 87.2 Å². The summed E-state index contributed by atoms with van der Waals surface area (Å²) in [5.41, 5.74) is 0.337. The number of anilines is 1. The number of carbonyl (C=O) groups is 1. The van der Waals surface area contributed by atoms with E-state index in [1.165, 1.54) is 24.1 Å². The summed E-state index contributed by atoms with van der Waals surface area (Å²) in [6.45, 7) is -0.371. The predicted molar refractivity (Wildman–Crippen MR) is 115 cm³/mol. The first-order chi connectivity index (χ1) is 14.3. The number of aliphatic hydroxyl groups excluding tert-OH is 1. The van der Waals surface area contributed by atoms with E-state index in [4.69, 9.17) is 4.74 Å². The van der Waals surface area contributed by atoms with Gasteiger partial charge in [-0.3, -0.25) is 9.10 Å². The number of methoxy groups -OCH3 is 1. The maximum absolute atomic E-state index is 13.4. The van der Waals surface area contributed by atoms with Gasteiger partial charge in [0.1, 0.15) is 12.3 Å². The van der Waals surface area contributed by atoms with Crippen LogP contribution in [0.25, 0.3) is 0 Å². The molecule has 0 radical (unpaired) electrons. The van der Waals surface area contributed by atoms with Crippen LogP contribution in [0.4, 0.5) is 5.69 Å². The van der Waals surface area contributed by atoms with Gasteiger partial charge in [0.15, 0.2) is 0 Å². The quantitative estimate of drug-likeness (QED) is 0.727. The zero-order valence-corrected chi connectivity index (χ0v) is 18.1. The maximum atomic E-state index is 13.4. The molecule has 0 aliphatic heterocycles. The van der Waals surface area contributed by atoms with Gasteiger partial charge in [-0.1, -0.05) is 37.1 Å². The number of hydrogen-bond donors (Lipinski definition) is 1. The molecule has 0 aromatic heterocycles. The Balaban J connectivity index is 1.94. The first kappa shape index (κ1) is 22.1. The Kier molecular flexibility index (Phi) is 6.99. The maximum Gasteiger partial charge on any atom is 0.264 e. The first-order valence-corrected chi connectivity index (χ1v) is 11.4. The molecule has 0 spiro atoms. The third-order valence-corrected chi connectivity index (χ3v) is 7.32. The molecule has 1 N–H and O–H groups in total. The monoisotopic (exact) mass is 432 g/mol. The molecule has 2 aromatic carbocycles. The molecule has 1 fully saturated rings. The average molecular weight is 433 g/mol. The van der Waals surface area contributed by atoms with Crippen molar-refractivity contribution in [2.45, 2.75) is 42.7 Å². The van der Waals surface area contributed by atoms with Gasteiger partial charge in [-0.2, -0.15) is 0 Å². The van der Waals surface area contributed by atoms with Crippen LogP contribution in [0.5, 0.6) is 5.75 Å². The molecule has 0 saturated heterocycles. The first-order valence-electron chi connectivity index (χ1n) is 10.00. The lowest BCUT2D eigenvalue weighted by atomic mass is 9.91. The number of aliphatic hydroxyl groups is 1. The van der Waals surface area contributed by atoms with Crippen molar-refractivity contribution in [3.63, 3.8) is 0 Å². The molecule has 1 saturated carbocycles. The van der Waals surface area contributed by atoms with Gasteiger partial charge in [-0.05, 0) is 37.1 Å².